The van der Waals surface area contributed by atoms with E-state index in [1.54, 1.807) is 60.8 Å². The predicted molar refractivity (Wildman–Crippen MR) is 103 cm³/mol. The second-order valence-electron chi connectivity index (χ2n) is 5.97. The van der Waals surface area contributed by atoms with Gasteiger partial charge in [0, 0.05) is 12.4 Å². The van der Waals surface area contributed by atoms with E-state index in [4.69, 9.17) is 14.2 Å². The van der Waals surface area contributed by atoms with Crippen LogP contribution in [0.25, 0.3) is 0 Å². The van der Waals surface area contributed by atoms with Crippen LogP contribution >= 0.6 is 0 Å². The zero-order valence-corrected chi connectivity index (χ0v) is 15.1. The minimum Gasteiger partial charge on any atom is -0.454 e. The van der Waals surface area contributed by atoms with E-state index in [-0.39, 0.29) is 12.7 Å². The number of benzene rings is 2. The number of hydrazone groups is 1. The largest absolute Gasteiger partial charge is 0.454 e. The molecule has 1 aliphatic rings. The van der Waals surface area contributed by atoms with Crippen LogP contribution in [-0.2, 0) is 0 Å². The van der Waals surface area contributed by atoms with Crippen LogP contribution in [0.15, 0.2) is 72.1 Å². The number of fused-ring (bicyclic) bond motifs is 1. The first-order valence-corrected chi connectivity index (χ1v) is 8.64. The highest BCUT2D eigenvalue weighted by molar-refractivity contribution is 5.94. The lowest BCUT2D eigenvalue weighted by Gasteiger charge is -2.05. The molecular formula is C21H15N3O5. The Hall–Kier alpha value is -4.20. The van der Waals surface area contributed by atoms with Gasteiger partial charge in [0.15, 0.2) is 11.5 Å². The lowest BCUT2D eigenvalue weighted by molar-refractivity contribution is 0.0734. The fourth-order valence-corrected chi connectivity index (χ4v) is 2.54. The van der Waals surface area contributed by atoms with Crippen LogP contribution in [0.2, 0.25) is 0 Å². The van der Waals surface area contributed by atoms with Gasteiger partial charge in [-0.2, -0.15) is 5.10 Å². The molecule has 8 nitrogen and oxygen atoms in total. The van der Waals surface area contributed by atoms with Gasteiger partial charge in [-0.05, 0) is 60.2 Å². The van der Waals surface area contributed by atoms with Crippen LogP contribution in [0.4, 0.5) is 0 Å². The summed E-state index contributed by atoms with van der Waals surface area (Å²) < 4.78 is 15.8. The molecule has 8 heteroatoms. The number of pyridine rings is 1. The molecule has 3 aromatic rings. The first-order chi connectivity index (χ1) is 14.2. The van der Waals surface area contributed by atoms with Crippen molar-refractivity contribution in [1.29, 1.82) is 0 Å². The molecule has 29 heavy (non-hydrogen) atoms. The molecule has 2 aromatic carbocycles. The predicted octanol–water partition coefficient (Wildman–Crippen LogP) is 2.79. The Kier molecular flexibility index (Phi) is 5.15. The molecule has 1 aromatic heterocycles. The Labute approximate surface area is 165 Å². The number of hydrogen-bond acceptors (Lipinski definition) is 7. The summed E-state index contributed by atoms with van der Waals surface area (Å²) in [6, 6.07) is 14.9. The number of ether oxygens (including phenoxy) is 3. The van der Waals surface area contributed by atoms with Crippen molar-refractivity contribution < 1.29 is 23.8 Å². The fraction of sp³-hybridized carbons (Fsp3) is 0.0476. The third kappa shape index (κ3) is 4.38. The van der Waals surface area contributed by atoms with Crippen LogP contribution < -0.4 is 19.6 Å². The number of amides is 1. The number of carbonyl (C=O) groups is 2. The van der Waals surface area contributed by atoms with E-state index >= 15 is 0 Å². The van der Waals surface area contributed by atoms with Gasteiger partial charge in [-0.1, -0.05) is 0 Å². The second-order valence-corrected chi connectivity index (χ2v) is 5.97. The highest BCUT2D eigenvalue weighted by Crippen LogP contribution is 2.32. The molecule has 0 saturated heterocycles. The number of rotatable bonds is 5. The minimum atomic E-state index is -0.506. The zero-order valence-electron chi connectivity index (χ0n) is 15.1. The molecule has 4 rings (SSSR count). The SMILES string of the molecule is O=C(NN=Cc1ccc(OC(=O)c2ccc3c(c2)OCO3)cc1)c1cccnc1. The number of hydrogen-bond donors (Lipinski definition) is 1. The van der Waals surface area contributed by atoms with Gasteiger partial charge in [0.05, 0.1) is 17.3 Å². The average Bonchev–Trinajstić information content (AvgIpc) is 3.23. The van der Waals surface area contributed by atoms with Gasteiger partial charge in [-0.25, -0.2) is 10.2 Å². The van der Waals surface area contributed by atoms with Crippen LogP contribution in [0, 0.1) is 0 Å². The summed E-state index contributed by atoms with van der Waals surface area (Å²) in [5.74, 6) is 0.626. The van der Waals surface area contributed by atoms with Crippen molar-refractivity contribution in [3.8, 4) is 17.2 Å². The lowest BCUT2D eigenvalue weighted by atomic mass is 10.2. The van der Waals surface area contributed by atoms with Crippen LogP contribution in [-0.4, -0.2) is 29.9 Å². The normalized spacial score (nSPS) is 12.0. The van der Waals surface area contributed by atoms with Crippen LogP contribution in [0.3, 0.4) is 0 Å². The van der Waals surface area contributed by atoms with Gasteiger partial charge in [-0.15, -0.1) is 0 Å². The Balaban J connectivity index is 1.34. The van der Waals surface area contributed by atoms with E-state index in [9.17, 15) is 9.59 Å². The van der Waals surface area contributed by atoms with Crippen LogP contribution in [0.5, 0.6) is 17.2 Å². The van der Waals surface area contributed by atoms with Crippen molar-refractivity contribution in [3.05, 3.63) is 83.7 Å². The Bertz CT molecular complexity index is 1070. The maximum absolute atomic E-state index is 12.3. The van der Waals surface area contributed by atoms with Crippen molar-refractivity contribution in [1.82, 2.24) is 10.4 Å². The zero-order chi connectivity index (χ0) is 20.1. The monoisotopic (exact) mass is 389 g/mol. The topological polar surface area (TPSA) is 99.1 Å². The molecule has 144 valence electrons. The summed E-state index contributed by atoms with van der Waals surface area (Å²) in [5.41, 5.74) is 3.91. The molecule has 2 heterocycles. The fourth-order valence-electron chi connectivity index (χ4n) is 2.54. The molecule has 0 radical (unpaired) electrons. The van der Waals surface area contributed by atoms with Gasteiger partial charge in [0.25, 0.3) is 5.91 Å². The van der Waals surface area contributed by atoms with Crippen molar-refractivity contribution in [2.75, 3.05) is 6.79 Å². The maximum atomic E-state index is 12.3. The van der Waals surface area contributed by atoms with Crippen molar-refractivity contribution in [2.24, 2.45) is 5.10 Å². The number of nitrogens with one attached hydrogen (secondary N) is 1. The van der Waals surface area contributed by atoms with E-state index < -0.39 is 5.97 Å². The second kappa shape index (κ2) is 8.22. The molecule has 0 bridgehead atoms. The number of nitrogens with zero attached hydrogens (tertiary/aromatic N) is 2. The maximum Gasteiger partial charge on any atom is 0.343 e. The number of aromatic nitrogens is 1. The molecule has 1 aliphatic heterocycles. The summed E-state index contributed by atoms with van der Waals surface area (Å²) in [6.45, 7) is 0.138. The summed E-state index contributed by atoms with van der Waals surface area (Å²) >= 11 is 0. The summed E-state index contributed by atoms with van der Waals surface area (Å²) in [7, 11) is 0. The first-order valence-electron chi connectivity index (χ1n) is 8.64. The standard InChI is InChI=1S/C21H15N3O5/c25-20(16-2-1-9-22-12-16)24-23-11-14-3-6-17(7-4-14)29-21(26)15-5-8-18-19(10-15)28-13-27-18/h1-12H,13H2,(H,24,25). The van der Waals surface area contributed by atoms with Gasteiger partial charge < -0.3 is 14.2 Å². The molecule has 0 aliphatic carbocycles. The average molecular weight is 389 g/mol. The molecule has 1 N–H and O–H groups in total. The summed E-state index contributed by atoms with van der Waals surface area (Å²) in [5, 5.41) is 3.90. The van der Waals surface area contributed by atoms with Gasteiger partial charge >= 0.3 is 5.97 Å². The summed E-state index contributed by atoms with van der Waals surface area (Å²) in [6.07, 6.45) is 4.52. The van der Waals surface area contributed by atoms with Gasteiger partial charge in [0.2, 0.25) is 6.79 Å². The molecule has 0 saturated carbocycles. The third-order valence-electron chi connectivity index (χ3n) is 4.00. The Morgan fingerprint density at radius 2 is 1.86 bits per heavy atom. The van der Waals surface area contributed by atoms with Crippen molar-refractivity contribution in [2.45, 2.75) is 0 Å². The van der Waals surface area contributed by atoms with Gasteiger partial charge in [0.1, 0.15) is 5.75 Å². The molecule has 0 atom stereocenters. The molecule has 1 amide bonds. The number of carbonyl (C=O) groups excluding carboxylic acids is 2. The Morgan fingerprint density at radius 3 is 2.66 bits per heavy atom. The van der Waals surface area contributed by atoms with Crippen LogP contribution in [0.1, 0.15) is 26.3 Å². The molecule has 0 fully saturated rings. The molecular weight excluding hydrogens is 374 g/mol. The first kappa shape index (κ1) is 18.2. The lowest BCUT2D eigenvalue weighted by Crippen LogP contribution is -2.17. The summed E-state index contributed by atoms with van der Waals surface area (Å²) in [4.78, 5) is 28.0. The van der Waals surface area contributed by atoms with Crippen molar-refractivity contribution >= 4 is 18.1 Å². The number of esters is 1. The molecule has 0 spiro atoms. The van der Waals surface area contributed by atoms with E-state index in [0.29, 0.717) is 28.4 Å². The smallest absolute Gasteiger partial charge is 0.343 e. The van der Waals surface area contributed by atoms with E-state index in [1.807, 2.05) is 0 Å². The minimum absolute atomic E-state index is 0.138. The highest BCUT2D eigenvalue weighted by atomic mass is 16.7. The third-order valence-corrected chi connectivity index (χ3v) is 4.00. The van der Waals surface area contributed by atoms with Gasteiger partial charge in [-0.3, -0.25) is 9.78 Å². The van der Waals surface area contributed by atoms with E-state index in [0.717, 1.165) is 5.56 Å². The van der Waals surface area contributed by atoms with E-state index in [1.165, 1.54) is 12.4 Å². The highest BCUT2D eigenvalue weighted by Gasteiger charge is 2.17. The Morgan fingerprint density at radius 1 is 1.03 bits per heavy atom. The quantitative estimate of drug-likeness (QED) is 0.312. The molecule has 0 unspecified atom stereocenters. The van der Waals surface area contributed by atoms with Crippen molar-refractivity contribution in [3.63, 3.8) is 0 Å². The van der Waals surface area contributed by atoms with E-state index in [2.05, 4.69) is 15.5 Å².